The smallest absolute Gasteiger partial charge is 0.125 e. The van der Waals surface area contributed by atoms with Crippen molar-refractivity contribution in [3.05, 3.63) is 47.3 Å². The van der Waals surface area contributed by atoms with Crippen LogP contribution in [-0.4, -0.2) is 30.7 Å². The van der Waals surface area contributed by atoms with Gasteiger partial charge in [-0.2, -0.15) is 5.10 Å². The van der Waals surface area contributed by atoms with Gasteiger partial charge in [-0.25, -0.2) is 14.6 Å². The number of aromatic nitrogens is 4. The highest BCUT2D eigenvalue weighted by molar-refractivity contribution is 5.30. The van der Waals surface area contributed by atoms with Gasteiger partial charge in [0.25, 0.3) is 0 Å². The molecule has 114 valence electrons. The van der Waals surface area contributed by atoms with E-state index in [1.165, 1.54) is 29.7 Å². The zero-order chi connectivity index (χ0) is 15.3. The summed E-state index contributed by atoms with van der Waals surface area (Å²) < 4.78 is 1.80. The van der Waals surface area contributed by atoms with Crippen LogP contribution in [0.15, 0.2) is 19.0 Å². The minimum absolute atomic E-state index is 0.459. The maximum Gasteiger partial charge on any atom is 0.125 e. The lowest BCUT2D eigenvalue weighted by molar-refractivity contribution is 0.165. The molecule has 1 fully saturated rings. The average Bonchev–Trinajstić information content (AvgIpc) is 2.99. The maximum absolute atomic E-state index is 4.66. The maximum atomic E-state index is 4.66. The standard InChI is InChI=1S/C17H21N5/c1-4-21-9-13(11(2)20-21)10-22-14-5-6-17(22)15-8-18-12(3)19-16(15)7-14/h4,8-9,14,17H,1,5-7,10H2,2-3H3/t14-,17-/m0/s1. The highest BCUT2D eigenvalue weighted by Crippen LogP contribution is 2.43. The summed E-state index contributed by atoms with van der Waals surface area (Å²) in [6.45, 7) is 8.77. The monoisotopic (exact) mass is 295 g/mol. The van der Waals surface area contributed by atoms with Crippen LogP contribution in [0, 0.1) is 13.8 Å². The van der Waals surface area contributed by atoms with Crippen LogP contribution >= 0.6 is 0 Å². The first kappa shape index (κ1) is 13.6. The van der Waals surface area contributed by atoms with Crippen molar-refractivity contribution in [1.82, 2.24) is 24.6 Å². The summed E-state index contributed by atoms with van der Waals surface area (Å²) >= 11 is 0. The van der Waals surface area contributed by atoms with Gasteiger partial charge >= 0.3 is 0 Å². The Morgan fingerprint density at radius 3 is 3.00 bits per heavy atom. The summed E-state index contributed by atoms with van der Waals surface area (Å²) in [4.78, 5) is 11.7. The summed E-state index contributed by atoms with van der Waals surface area (Å²) in [7, 11) is 0. The number of rotatable bonds is 3. The molecule has 2 aromatic rings. The summed E-state index contributed by atoms with van der Waals surface area (Å²) in [5, 5.41) is 4.47. The van der Waals surface area contributed by atoms with Crippen molar-refractivity contribution in [3.8, 4) is 0 Å². The van der Waals surface area contributed by atoms with Crippen molar-refractivity contribution in [2.75, 3.05) is 0 Å². The zero-order valence-corrected chi connectivity index (χ0v) is 13.2. The number of hydrogen-bond donors (Lipinski definition) is 0. The third-order valence-electron chi connectivity index (χ3n) is 5.01. The van der Waals surface area contributed by atoms with Gasteiger partial charge in [0.2, 0.25) is 0 Å². The van der Waals surface area contributed by atoms with E-state index in [-0.39, 0.29) is 0 Å². The molecule has 0 radical (unpaired) electrons. The fourth-order valence-corrected chi connectivity index (χ4v) is 3.89. The van der Waals surface area contributed by atoms with Crippen molar-refractivity contribution in [1.29, 1.82) is 0 Å². The van der Waals surface area contributed by atoms with Crippen LogP contribution in [-0.2, 0) is 13.0 Å². The van der Waals surface area contributed by atoms with Crippen LogP contribution in [0.3, 0.4) is 0 Å². The Balaban J connectivity index is 1.65. The van der Waals surface area contributed by atoms with Crippen LogP contribution in [0.1, 0.15) is 47.2 Å². The van der Waals surface area contributed by atoms with E-state index in [1.807, 2.05) is 13.1 Å². The van der Waals surface area contributed by atoms with Gasteiger partial charge in [0.1, 0.15) is 5.82 Å². The van der Waals surface area contributed by atoms with Crippen LogP contribution in [0.5, 0.6) is 0 Å². The Labute approximate surface area is 130 Å². The van der Waals surface area contributed by atoms with E-state index in [9.17, 15) is 0 Å². The molecule has 5 nitrogen and oxygen atoms in total. The predicted octanol–water partition coefficient (Wildman–Crippen LogP) is 2.65. The minimum Gasteiger partial charge on any atom is -0.288 e. The molecule has 0 amide bonds. The molecule has 0 spiro atoms. The van der Waals surface area contributed by atoms with E-state index in [2.05, 4.69) is 39.7 Å². The van der Waals surface area contributed by atoms with Gasteiger partial charge in [-0.15, -0.1) is 0 Å². The molecule has 0 aliphatic carbocycles. The molecular formula is C17H21N5. The number of hydrogen-bond acceptors (Lipinski definition) is 4. The normalized spacial score (nSPS) is 23.5. The van der Waals surface area contributed by atoms with Crippen molar-refractivity contribution in [2.24, 2.45) is 0 Å². The second-order valence-corrected chi connectivity index (χ2v) is 6.35. The first-order valence-electron chi connectivity index (χ1n) is 7.91. The third kappa shape index (κ3) is 2.08. The molecule has 22 heavy (non-hydrogen) atoms. The number of aryl methyl sites for hydroxylation is 2. The van der Waals surface area contributed by atoms with Crippen LogP contribution < -0.4 is 0 Å². The number of fused-ring (bicyclic) bond motifs is 4. The molecule has 2 aromatic heterocycles. The second kappa shape index (κ2) is 5.02. The lowest BCUT2D eigenvalue weighted by atomic mass is 9.98. The molecule has 2 atom stereocenters. The SMILES string of the molecule is C=Cn1cc(CN2[C@H]3CC[C@H]2c2cnc(C)nc2C3)c(C)n1. The van der Waals surface area contributed by atoms with E-state index >= 15 is 0 Å². The predicted molar refractivity (Wildman–Crippen MR) is 85.1 cm³/mol. The average molecular weight is 295 g/mol. The van der Waals surface area contributed by atoms with Gasteiger partial charge in [0.15, 0.2) is 0 Å². The molecule has 0 saturated carbocycles. The zero-order valence-electron chi connectivity index (χ0n) is 13.2. The van der Waals surface area contributed by atoms with E-state index in [0.29, 0.717) is 12.1 Å². The van der Waals surface area contributed by atoms with E-state index < -0.39 is 0 Å². The topological polar surface area (TPSA) is 46.8 Å². The van der Waals surface area contributed by atoms with Crippen LogP contribution in [0.2, 0.25) is 0 Å². The molecule has 0 aromatic carbocycles. The Morgan fingerprint density at radius 2 is 2.23 bits per heavy atom. The molecule has 2 aliphatic heterocycles. The summed E-state index contributed by atoms with van der Waals surface area (Å²) in [6, 6.07) is 1.05. The Bertz CT molecular complexity index is 733. The van der Waals surface area contributed by atoms with Crippen molar-refractivity contribution in [3.63, 3.8) is 0 Å². The lowest BCUT2D eigenvalue weighted by Gasteiger charge is -2.35. The molecule has 0 unspecified atom stereocenters. The first-order chi connectivity index (χ1) is 10.7. The Morgan fingerprint density at radius 1 is 1.36 bits per heavy atom. The molecule has 0 N–H and O–H groups in total. The second-order valence-electron chi connectivity index (χ2n) is 6.35. The van der Waals surface area contributed by atoms with Crippen molar-refractivity contribution in [2.45, 2.75) is 51.7 Å². The van der Waals surface area contributed by atoms with Gasteiger partial charge in [0.05, 0.1) is 11.4 Å². The molecular weight excluding hydrogens is 274 g/mol. The largest absolute Gasteiger partial charge is 0.288 e. The molecule has 2 bridgehead atoms. The Kier molecular flexibility index (Phi) is 3.11. The van der Waals surface area contributed by atoms with E-state index in [0.717, 1.165) is 24.5 Å². The first-order valence-corrected chi connectivity index (χ1v) is 7.91. The molecule has 5 heteroatoms. The molecule has 1 saturated heterocycles. The highest BCUT2D eigenvalue weighted by Gasteiger charge is 2.40. The fourth-order valence-electron chi connectivity index (χ4n) is 3.89. The molecule has 4 rings (SSSR count). The number of nitrogens with zero attached hydrogens (tertiary/aromatic N) is 5. The summed E-state index contributed by atoms with van der Waals surface area (Å²) in [6.07, 6.45) is 9.37. The summed E-state index contributed by atoms with van der Waals surface area (Å²) in [5.74, 6) is 0.884. The van der Waals surface area contributed by atoms with Crippen molar-refractivity contribution >= 4 is 6.20 Å². The third-order valence-corrected chi connectivity index (χ3v) is 5.01. The van der Waals surface area contributed by atoms with Gasteiger partial charge < -0.3 is 0 Å². The van der Waals surface area contributed by atoms with Gasteiger partial charge in [-0.1, -0.05) is 6.58 Å². The van der Waals surface area contributed by atoms with Crippen molar-refractivity contribution < 1.29 is 0 Å². The van der Waals surface area contributed by atoms with Gasteiger partial charge in [-0.3, -0.25) is 4.90 Å². The quantitative estimate of drug-likeness (QED) is 0.873. The van der Waals surface area contributed by atoms with Crippen LogP contribution in [0.25, 0.3) is 6.20 Å². The van der Waals surface area contributed by atoms with Gasteiger partial charge in [0, 0.05) is 54.8 Å². The lowest BCUT2D eigenvalue weighted by Crippen LogP contribution is -2.37. The van der Waals surface area contributed by atoms with Gasteiger partial charge in [-0.05, 0) is 26.7 Å². The highest BCUT2D eigenvalue weighted by atomic mass is 15.3. The van der Waals surface area contributed by atoms with E-state index in [4.69, 9.17) is 0 Å². The Hall–Kier alpha value is -2.01. The minimum atomic E-state index is 0.459. The fraction of sp³-hybridized carbons (Fsp3) is 0.471. The van der Waals surface area contributed by atoms with E-state index in [1.54, 1.807) is 10.9 Å². The molecule has 4 heterocycles. The van der Waals surface area contributed by atoms with Crippen LogP contribution in [0.4, 0.5) is 0 Å². The summed E-state index contributed by atoms with van der Waals surface area (Å²) in [5.41, 5.74) is 4.96. The molecule has 2 aliphatic rings.